The average Bonchev–Trinajstić information content (AvgIpc) is 3.03. The molecule has 1 aromatic heterocycles. The number of anilines is 1. The number of carbonyl (C=O) groups excluding carboxylic acids is 1. The fourth-order valence-corrected chi connectivity index (χ4v) is 3.11. The molecule has 0 aliphatic heterocycles. The summed E-state index contributed by atoms with van der Waals surface area (Å²) in [4.78, 5) is 12.1. The third-order valence-electron chi connectivity index (χ3n) is 3.72. The monoisotopic (exact) mass is 363 g/mol. The molecule has 1 N–H and O–H groups in total. The summed E-state index contributed by atoms with van der Waals surface area (Å²) < 4.78 is 1.88. The highest BCUT2D eigenvalue weighted by molar-refractivity contribution is 7.99. The zero-order valence-electron chi connectivity index (χ0n) is 14.2. The Kier molecular flexibility index (Phi) is 5.66. The van der Waals surface area contributed by atoms with Gasteiger partial charge in [-0.3, -0.25) is 4.79 Å². The van der Waals surface area contributed by atoms with Gasteiger partial charge in [-0.15, -0.1) is 10.2 Å². The van der Waals surface area contributed by atoms with E-state index in [2.05, 4.69) is 21.6 Å². The molecule has 2 aromatic carbocycles. The first kappa shape index (κ1) is 17.7. The number of nitrogens with zero attached hydrogens (tertiary/aromatic N) is 4. The molecule has 3 rings (SSSR count). The van der Waals surface area contributed by atoms with Crippen LogP contribution in [0.3, 0.4) is 0 Å². The number of benzene rings is 2. The van der Waals surface area contributed by atoms with Crippen LogP contribution in [0.15, 0.2) is 59.8 Å². The smallest absolute Gasteiger partial charge is 0.234 e. The molecule has 0 radical (unpaired) electrons. The number of hydrogen-bond donors (Lipinski definition) is 1. The molecule has 130 valence electrons. The van der Waals surface area contributed by atoms with Gasteiger partial charge < -0.3 is 9.88 Å². The van der Waals surface area contributed by atoms with E-state index in [1.807, 2.05) is 54.1 Å². The Balaban J connectivity index is 1.58. The SMILES string of the molecule is Cn1c(SCC(=O)Nc2ccc(CC#N)cc2)nnc1-c1ccccc1. The van der Waals surface area contributed by atoms with Gasteiger partial charge in [0.15, 0.2) is 11.0 Å². The van der Waals surface area contributed by atoms with Crippen LogP contribution in [-0.2, 0) is 18.3 Å². The van der Waals surface area contributed by atoms with Gasteiger partial charge in [0, 0.05) is 18.3 Å². The van der Waals surface area contributed by atoms with Gasteiger partial charge in [0.2, 0.25) is 5.91 Å². The largest absolute Gasteiger partial charge is 0.325 e. The van der Waals surface area contributed by atoms with Gasteiger partial charge >= 0.3 is 0 Å². The lowest BCUT2D eigenvalue weighted by Gasteiger charge is -2.06. The molecular formula is C19H17N5OS. The Morgan fingerprint density at radius 1 is 1.15 bits per heavy atom. The van der Waals surface area contributed by atoms with Crippen molar-refractivity contribution in [2.45, 2.75) is 11.6 Å². The van der Waals surface area contributed by atoms with Crippen molar-refractivity contribution < 1.29 is 4.79 Å². The van der Waals surface area contributed by atoms with Crippen LogP contribution in [0, 0.1) is 11.3 Å². The zero-order valence-corrected chi connectivity index (χ0v) is 15.0. The normalized spacial score (nSPS) is 10.3. The van der Waals surface area contributed by atoms with Crippen LogP contribution in [0.2, 0.25) is 0 Å². The molecule has 0 atom stereocenters. The van der Waals surface area contributed by atoms with Gasteiger partial charge in [0.05, 0.1) is 18.2 Å². The van der Waals surface area contributed by atoms with Crippen molar-refractivity contribution in [1.82, 2.24) is 14.8 Å². The zero-order chi connectivity index (χ0) is 18.4. The minimum Gasteiger partial charge on any atom is -0.325 e. The van der Waals surface area contributed by atoms with Crippen LogP contribution in [0.4, 0.5) is 5.69 Å². The summed E-state index contributed by atoms with van der Waals surface area (Å²) in [6, 6.07) is 19.2. The molecule has 0 unspecified atom stereocenters. The summed E-state index contributed by atoms with van der Waals surface area (Å²) >= 11 is 1.34. The number of nitrogens with one attached hydrogen (secondary N) is 1. The molecule has 1 heterocycles. The number of nitriles is 1. The van der Waals surface area contributed by atoms with Crippen molar-refractivity contribution >= 4 is 23.4 Å². The number of amides is 1. The standard InChI is InChI=1S/C19H17N5OS/c1-24-18(15-5-3-2-4-6-15)22-23-19(24)26-13-17(25)21-16-9-7-14(8-10-16)11-12-20/h2-10H,11,13H2,1H3,(H,21,25). The topological polar surface area (TPSA) is 83.6 Å². The van der Waals surface area contributed by atoms with E-state index >= 15 is 0 Å². The molecule has 7 heteroatoms. The van der Waals surface area contributed by atoms with E-state index in [-0.39, 0.29) is 11.7 Å². The van der Waals surface area contributed by atoms with Crippen LogP contribution in [0.5, 0.6) is 0 Å². The molecule has 0 saturated heterocycles. The van der Waals surface area contributed by atoms with E-state index in [9.17, 15) is 4.79 Å². The van der Waals surface area contributed by atoms with E-state index in [0.29, 0.717) is 17.3 Å². The first-order valence-electron chi connectivity index (χ1n) is 8.00. The predicted octanol–water partition coefficient (Wildman–Crippen LogP) is 3.28. The third-order valence-corrected chi connectivity index (χ3v) is 4.74. The maximum Gasteiger partial charge on any atom is 0.234 e. The predicted molar refractivity (Wildman–Crippen MR) is 102 cm³/mol. The second-order valence-electron chi connectivity index (χ2n) is 5.60. The summed E-state index contributed by atoms with van der Waals surface area (Å²) in [5.74, 6) is 0.884. The van der Waals surface area contributed by atoms with Crippen LogP contribution in [-0.4, -0.2) is 26.4 Å². The Morgan fingerprint density at radius 2 is 1.88 bits per heavy atom. The first-order chi connectivity index (χ1) is 12.7. The number of hydrogen-bond acceptors (Lipinski definition) is 5. The van der Waals surface area contributed by atoms with E-state index in [4.69, 9.17) is 5.26 Å². The molecule has 0 spiro atoms. The Hall–Kier alpha value is -3.11. The molecule has 6 nitrogen and oxygen atoms in total. The third kappa shape index (κ3) is 4.29. The van der Waals surface area contributed by atoms with Gasteiger partial charge in [0.25, 0.3) is 0 Å². The maximum absolute atomic E-state index is 12.1. The highest BCUT2D eigenvalue weighted by Gasteiger charge is 2.12. The molecule has 0 saturated carbocycles. The molecule has 0 aliphatic carbocycles. The van der Waals surface area contributed by atoms with Crippen molar-refractivity contribution in [3.63, 3.8) is 0 Å². The molecule has 26 heavy (non-hydrogen) atoms. The average molecular weight is 363 g/mol. The van der Waals surface area contributed by atoms with Gasteiger partial charge in [-0.05, 0) is 17.7 Å². The molecular weight excluding hydrogens is 346 g/mol. The second-order valence-corrected chi connectivity index (χ2v) is 6.54. The second kappa shape index (κ2) is 8.32. The Bertz CT molecular complexity index is 929. The summed E-state index contributed by atoms with van der Waals surface area (Å²) in [5.41, 5.74) is 2.61. The maximum atomic E-state index is 12.1. The fraction of sp³-hybridized carbons (Fsp3) is 0.158. The van der Waals surface area contributed by atoms with Crippen LogP contribution in [0.25, 0.3) is 11.4 Å². The highest BCUT2D eigenvalue weighted by Crippen LogP contribution is 2.22. The molecule has 0 aliphatic rings. The van der Waals surface area contributed by atoms with Crippen molar-refractivity contribution in [1.29, 1.82) is 5.26 Å². The molecule has 1 amide bonds. The Morgan fingerprint density at radius 3 is 2.58 bits per heavy atom. The van der Waals surface area contributed by atoms with E-state index in [1.54, 1.807) is 12.1 Å². The summed E-state index contributed by atoms with van der Waals surface area (Å²) in [5, 5.41) is 20.6. The van der Waals surface area contributed by atoms with Crippen molar-refractivity contribution in [2.24, 2.45) is 7.05 Å². The molecule has 0 bridgehead atoms. The quantitative estimate of drug-likeness (QED) is 0.680. The van der Waals surface area contributed by atoms with E-state index in [1.165, 1.54) is 11.8 Å². The van der Waals surface area contributed by atoms with Gasteiger partial charge in [-0.2, -0.15) is 5.26 Å². The van der Waals surface area contributed by atoms with Crippen molar-refractivity contribution in [3.05, 3.63) is 60.2 Å². The lowest BCUT2D eigenvalue weighted by molar-refractivity contribution is -0.113. The Labute approximate surface area is 155 Å². The van der Waals surface area contributed by atoms with Gasteiger partial charge in [-0.25, -0.2) is 0 Å². The minimum absolute atomic E-state index is 0.118. The summed E-state index contributed by atoms with van der Waals surface area (Å²) in [7, 11) is 1.89. The van der Waals surface area contributed by atoms with Gasteiger partial charge in [-0.1, -0.05) is 54.2 Å². The van der Waals surface area contributed by atoms with Gasteiger partial charge in [0.1, 0.15) is 0 Å². The van der Waals surface area contributed by atoms with E-state index in [0.717, 1.165) is 17.0 Å². The van der Waals surface area contributed by atoms with Crippen LogP contribution < -0.4 is 5.32 Å². The number of aromatic nitrogens is 3. The first-order valence-corrected chi connectivity index (χ1v) is 8.99. The van der Waals surface area contributed by atoms with Crippen molar-refractivity contribution in [2.75, 3.05) is 11.1 Å². The van der Waals surface area contributed by atoms with E-state index < -0.39 is 0 Å². The lowest BCUT2D eigenvalue weighted by atomic mass is 10.1. The summed E-state index contributed by atoms with van der Waals surface area (Å²) in [6.07, 6.45) is 0.361. The van der Waals surface area contributed by atoms with Crippen molar-refractivity contribution in [3.8, 4) is 17.5 Å². The number of rotatable bonds is 6. The number of carbonyl (C=O) groups is 1. The molecule has 0 fully saturated rings. The fourth-order valence-electron chi connectivity index (χ4n) is 2.40. The minimum atomic E-state index is -0.118. The molecule has 3 aromatic rings. The highest BCUT2D eigenvalue weighted by atomic mass is 32.2. The summed E-state index contributed by atoms with van der Waals surface area (Å²) in [6.45, 7) is 0. The number of thioether (sulfide) groups is 1. The lowest BCUT2D eigenvalue weighted by Crippen LogP contribution is -2.14. The van der Waals surface area contributed by atoms with Crippen LogP contribution in [0.1, 0.15) is 5.56 Å². The van der Waals surface area contributed by atoms with Crippen LogP contribution >= 0.6 is 11.8 Å².